The molecule has 2 unspecified atom stereocenters. The summed E-state index contributed by atoms with van der Waals surface area (Å²) >= 11 is 0. The van der Waals surface area contributed by atoms with E-state index in [1.807, 2.05) is 37.3 Å². The number of nitro benzene ring substituents is 1. The Balaban J connectivity index is 1.60. The molecule has 182 valence electrons. The maximum absolute atomic E-state index is 13.3. The summed E-state index contributed by atoms with van der Waals surface area (Å²) in [5.41, 5.74) is 2.41. The Bertz CT molecular complexity index is 1400. The monoisotopic (exact) mass is 484 g/mol. The minimum absolute atomic E-state index is 0.00540. The third kappa shape index (κ3) is 4.22. The molecule has 3 aromatic carbocycles. The molecule has 2 heterocycles. The average Bonchev–Trinajstić information content (AvgIpc) is 3.38. The van der Waals surface area contributed by atoms with Gasteiger partial charge in [-0.1, -0.05) is 42.5 Å². The molecule has 0 aromatic heterocycles. The number of amides is 1. The summed E-state index contributed by atoms with van der Waals surface area (Å²) in [6.45, 7) is 2.15. The molecule has 2 aliphatic heterocycles. The van der Waals surface area contributed by atoms with Crippen molar-refractivity contribution in [3.8, 4) is 5.75 Å². The number of likely N-dealkylation sites (tertiary alicyclic amines) is 1. The van der Waals surface area contributed by atoms with Crippen molar-refractivity contribution in [1.82, 2.24) is 4.90 Å². The summed E-state index contributed by atoms with van der Waals surface area (Å²) in [6.07, 6.45) is 1.15. The van der Waals surface area contributed by atoms with Crippen LogP contribution in [0.2, 0.25) is 0 Å². The highest BCUT2D eigenvalue weighted by Crippen LogP contribution is 2.41. The summed E-state index contributed by atoms with van der Waals surface area (Å²) in [5, 5.41) is 22.8. The molecular weight excluding hydrogens is 460 g/mol. The molecule has 2 aliphatic rings. The van der Waals surface area contributed by atoms with Gasteiger partial charge in [0.05, 0.1) is 16.5 Å². The van der Waals surface area contributed by atoms with Crippen molar-refractivity contribution in [2.24, 2.45) is 0 Å². The van der Waals surface area contributed by atoms with Gasteiger partial charge in [0.15, 0.2) is 0 Å². The van der Waals surface area contributed by atoms with Gasteiger partial charge in [-0.15, -0.1) is 0 Å². The van der Waals surface area contributed by atoms with E-state index in [9.17, 15) is 24.8 Å². The number of ketones is 1. The number of benzene rings is 3. The highest BCUT2D eigenvalue weighted by atomic mass is 16.6. The third-order valence-corrected chi connectivity index (χ3v) is 6.59. The highest BCUT2D eigenvalue weighted by molar-refractivity contribution is 6.46. The van der Waals surface area contributed by atoms with Crippen LogP contribution >= 0.6 is 0 Å². The lowest BCUT2D eigenvalue weighted by Crippen LogP contribution is -2.31. The van der Waals surface area contributed by atoms with Crippen LogP contribution in [0.5, 0.6) is 5.75 Å². The van der Waals surface area contributed by atoms with Gasteiger partial charge in [-0.25, -0.2) is 0 Å². The van der Waals surface area contributed by atoms with Gasteiger partial charge < -0.3 is 14.7 Å². The number of nitro groups is 1. The fraction of sp³-hybridized carbons (Fsp3) is 0.214. The lowest BCUT2D eigenvalue weighted by molar-refractivity contribution is -0.384. The van der Waals surface area contributed by atoms with Crippen LogP contribution in [0.3, 0.4) is 0 Å². The molecule has 36 heavy (non-hydrogen) atoms. The standard InChI is InChI=1S/C28H24N2O6/c1-17-14-21-15-20(10-11-23(21)36-17)26(31)24-25(19-8-5-9-22(16-19)30(34)35)29(28(33)27(24)32)13-12-18-6-3-2-4-7-18/h2-11,15-17,25,31H,12-14H2,1H3/b26-24+. The van der Waals surface area contributed by atoms with Gasteiger partial charge in [-0.05, 0) is 48.2 Å². The Morgan fingerprint density at radius 3 is 2.61 bits per heavy atom. The van der Waals surface area contributed by atoms with E-state index in [4.69, 9.17) is 4.74 Å². The number of carbonyl (C=O) groups is 2. The number of ether oxygens (including phenoxy) is 1. The maximum Gasteiger partial charge on any atom is 0.295 e. The Labute approximate surface area is 207 Å². The maximum atomic E-state index is 13.3. The number of aliphatic hydroxyl groups is 1. The Morgan fingerprint density at radius 2 is 1.86 bits per heavy atom. The lowest BCUT2D eigenvalue weighted by Gasteiger charge is -2.25. The summed E-state index contributed by atoms with van der Waals surface area (Å²) < 4.78 is 5.73. The zero-order valence-electron chi connectivity index (χ0n) is 19.6. The predicted molar refractivity (Wildman–Crippen MR) is 132 cm³/mol. The fourth-order valence-electron chi connectivity index (χ4n) is 4.88. The minimum Gasteiger partial charge on any atom is -0.507 e. The molecule has 0 radical (unpaired) electrons. The number of Topliss-reactive ketones (excluding diaryl/α,β-unsaturated/α-hetero) is 1. The fourth-order valence-corrected chi connectivity index (χ4v) is 4.88. The van der Waals surface area contributed by atoms with Crippen molar-refractivity contribution >= 4 is 23.1 Å². The number of hydrogen-bond donors (Lipinski definition) is 1. The van der Waals surface area contributed by atoms with Crippen LogP contribution in [0.1, 0.15) is 35.2 Å². The zero-order chi connectivity index (χ0) is 25.4. The van der Waals surface area contributed by atoms with E-state index in [0.717, 1.165) is 16.9 Å². The van der Waals surface area contributed by atoms with Gasteiger partial charge in [0.1, 0.15) is 17.6 Å². The third-order valence-electron chi connectivity index (χ3n) is 6.59. The zero-order valence-corrected chi connectivity index (χ0v) is 19.6. The second-order valence-corrected chi connectivity index (χ2v) is 9.04. The Morgan fingerprint density at radius 1 is 1.08 bits per heavy atom. The molecule has 5 rings (SSSR count). The van der Waals surface area contributed by atoms with Crippen LogP contribution in [0, 0.1) is 10.1 Å². The molecular formula is C28H24N2O6. The summed E-state index contributed by atoms with van der Waals surface area (Å²) in [7, 11) is 0. The number of non-ortho nitro benzene ring substituents is 1. The van der Waals surface area contributed by atoms with E-state index in [0.29, 0.717) is 24.0 Å². The van der Waals surface area contributed by atoms with E-state index < -0.39 is 22.7 Å². The molecule has 2 atom stereocenters. The quantitative estimate of drug-likeness (QED) is 0.180. The van der Waals surface area contributed by atoms with Crippen molar-refractivity contribution in [3.63, 3.8) is 0 Å². The first-order valence-electron chi connectivity index (χ1n) is 11.7. The molecule has 0 aliphatic carbocycles. The van der Waals surface area contributed by atoms with E-state index in [1.165, 1.54) is 23.1 Å². The van der Waals surface area contributed by atoms with Crippen molar-refractivity contribution in [1.29, 1.82) is 0 Å². The molecule has 1 saturated heterocycles. The van der Waals surface area contributed by atoms with Gasteiger partial charge in [-0.2, -0.15) is 0 Å². The largest absolute Gasteiger partial charge is 0.507 e. The topological polar surface area (TPSA) is 110 Å². The Kier molecular flexibility index (Phi) is 6.01. The molecule has 0 saturated carbocycles. The second kappa shape index (κ2) is 9.30. The number of fused-ring (bicyclic) bond motifs is 1. The number of rotatable bonds is 6. The van der Waals surface area contributed by atoms with E-state index in [1.54, 1.807) is 24.3 Å². The van der Waals surface area contributed by atoms with Crippen molar-refractivity contribution in [3.05, 3.63) is 111 Å². The predicted octanol–water partition coefficient (Wildman–Crippen LogP) is 4.58. The van der Waals surface area contributed by atoms with Crippen LogP contribution in [0.4, 0.5) is 5.69 Å². The summed E-state index contributed by atoms with van der Waals surface area (Å²) in [6, 6.07) is 19.5. The van der Waals surface area contributed by atoms with Gasteiger partial charge in [-0.3, -0.25) is 19.7 Å². The smallest absolute Gasteiger partial charge is 0.295 e. The van der Waals surface area contributed by atoms with Crippen molar-refractivity contribution in [2.75, 3.05) is 6.54 Å². The normalized spacial score (nSPS) is 20.3. The SMILES string of the molecule is CC1Cc2cc(/C(O)=C3\C(=O)C(=O)N(CCc4ccccc4)C3c3cccc([N+](=O)[O-])c3)ccc2O1. The first-order valence-corrected chi connectivity index (χ1v) is 11.7. The van der Waals surface area contributed by atoms with Gasteiger partial charge in [0.25, 0.3) is 17.4 Å². The van der Waals surface area contributed by atoms with E-state index in [2.05, 4.69) is 0 Å². The molecule has 1 fully saturated rings. The molecule has 1 amide bonds. The number of carbonyl (C=O) groups excluding carboxylic acids is 2. The summed E-state index contributed by atoms with van der Waals surface area (Å²) in [4.78, 5) is 38.8. The molecule has 8 heteroatoms. The molecule has 3 aromatic rings. The number of aliphatic hydroxyl groups excluding tert-OH is 1. The van der Waals surface area contributed by atoms with Gasteiger partial charge in [0.2, 0.25) is 0 Å². The molecule has 8 nitrogen and oxygen atoms in total. The van der Waals surface area contributed by atoms with Crippen molar-refractivity contribution in [2.45, 2.75) is 31.9 Å². The minimum atomic E-state index is -0.961. The molecule has 0 bridgehead atoms. The van der Waals surface area contributed by atoms with Crippen LogP contribution in [-0.4, -0.2) is 39.3 Å². The van der Waals surface area contributed by atoms with Crippen LogP contribution in [0.25, 0.3) is 5.76 Å². The Hall–Kier alpha value is -4.46. The van der Waals surface area contributed by atoms with Crippen LogP contribution in [0.15, 0.2) is 78.4 Å². The number of nitrogens with zero attached hydrogens (tertiary/aromatic N) is 2. The highest BCUT2D eigenvalue weighted by Gasteiger charge is 2.46. The van der Waals surface area contributed by atoms with Crippen molar-refractivity contribution < 1.29 is 24.4 Å². The molecule has 1 N–H and O–H groups in total. The van der Waals surface area contributed by atoms with Gasteiger partial charge >= 0.3 is 0 Å². The first kappa shape index (κ1) is 23.3. The average molecular weight is 485 g/mol. The van der Waals surface area contributed by atoms with Crippen LogP contribution < -0.4 is 4.74 Å². The second-order valence-electron chi connectivity index (χ2n) is 9.04. The summed E-state index contributed by atoms with van der Waals surface area (Å²) in [5.74, 6) is -1.16. The van der Waals surface area contributed by atoms with E-state index in [-0.39, 0.29) is 29.7 Å². The number of hydrogen-bond acceptors (Lipinski definition) is 6. The van der Waals surface area contributed by atoms with Crippen LogP contribution in [-0.2, 0) is 22.4 Å². The molecule has 0 spiro atoms. The first-order chi connectivity index (χ1) is 17.3. The van der Waals surface area contributed by atoms with E-state index >= 15 is 0 Å². The van der Waals surface area contributed by atoms with Gasteiger partial charge in [0, 0.05) is 30.7 Å². The lowest BCUT2D eigenvalue weighted by atomic mass is 9.94.